The third-order valence-electron chi connectivity index (χ3n) is 5.20. The first-order chi connectivity index (χ1) is 15.5. The summed E-state index contributed by atoms with van der Waals surface area (Å²) >= 11 is 0. The van der Waals surface area contributed by atoms with Crippen molar-refractivity contribution < 1.29 is 18.7 Å². The smallest absolute Gasteiger partial charge is 0.220 e. The number of aryl methyl sites for hydroxylation is 1. The van der Waals surface area contributed by atoms with Crippen molar-refractivity contribution in [2.75, 3.05) is 6.54 Å². The molecule has 4 nitrogen and oxygen atoms in total. The molecule has 3 aromatic carbocycles. The van der Waals surface area contributed by atoms with Crippen molar-refractivity contribution in [3.8, 4) is 0 Å². The Bertz CT molecular complexity index is 963. The minimum Gasteiger partial charge on any atom is -0.390 e. The first kappa shape index (κ1) is 23.6. The van der Waals surface area contributed by atoms with Crippen molar-refractivity contribution in [1.82, 2.24) is 10.6 Å². The number of aliphatic hydroxyl groups excluding tert-OH is 1. The molecular weight excluding hydrogens is 410 g/mol. The first-order valence-electron chi connectivity index (χ1n) is 10.7. The summed E-state index contributed by atoms with van der Waals surface area (Å²) < 4.78 is 27.3. The first-order valence-corrected chi connectivity index (χ1v) is 10.7. The Morgan fingerprint density at radius 1 is 0.844 bits per heavy atom. The molecule has 0 aliphatic rings. The SMILES string of the molecule is O=C(CCc1ccccc1)N[C@@H](Cc1cc(F)cc(F)c1)[C@H](O)CNCc1ccccc1. The van der Waals surface area contributed by atoms with Gasteiger partial charge in [0, 0.05) is 25.6 Å². The third kappa shape index (κ3) is 7.87. The van der Waals surface area contributed by atoms with Crippen LogP contribution in [0.15, 0.2) is 78.9 Å². The van der Waals surface area contributed by atoms with Gasteiger partial charge in [-0.2, -0.15) is 0 Å². The molecule has 0 fully saturated rings. The second kappa shape index (κ2) is 12.1. The van der Waals surface area contributed by atoms with Crippen molar-refractivity contribution in [2.45, 2.75) is 38.0 Å². The van der Waals surface area contributed by atoms with E-state index < -0.39 is 23.8 Å². The lowest BCUT2D eigenvalue weighted by Crippen LogP contribution is -2.48. The van der Waals surface area contributed by atoms with Gasteiger partial charge in [-0.3, -0.25) is 4.79 Å². The lowest BCUT2D eigenvalue weighted by atomic mass is 10.00. The fourth-order valence-electron chi connectivity index (χ4n) is 3.55. The summed E-state index contributed by atoms with van der Waals surface area (Å²) in [6.45, 7) is 0.775. The number of rotatable bonds is 11. The van der Waals surface area contributed by atoms with Crippen LogP contribution < -0.4 is 10.6 Å². The number of aliphatic hydroxyl groups is 1. The highest BCUT2D eigenvalue weighted by molar-refractivity contribution is 5.76. The van der Waals surface area contributed by atoms with Crippen molar-refractivity contribution in [3.05, 3.63) is 107 Å². The van der Waals surface area contributed by atoms with Gasteiger partial charge in [-0.1, -0.05) is 60.7 Å². The van der Waals surface area contributed by atoms with Gasteiger partial charge in [0.2, 0.25) is 5.91 Å². The molecule has 2 atom stereocenters. The standard InChI is InChI=1S/C26H28F2N2O2/c27-22-13-21(14-23(28)16-22)15-24(25(31)18-29-17-20-9-5-2-6-10-20)30-26(32)12-11-19-7-3-1-4-8-19/h1-10,13-14,16,24-25,29,31H,11-12,15,17-18H2,(H,30,32)/t24-,25+/m0/s1. The molecular formula is C26H28F2N2O2. The van der Waals surface area contributed by atoms with Gasteiger partial charge in [-0.25, -0.2) is 8.78 Å². The Morgan fingerprint density at radius 3 is 2.06 bits per heavy atom. The average Bonchev–Trinajstić information content (AvgIpc) is 2.78. The van der Waals surface area contributed by atoms with Crippen LogP contribution in [-0.2, 0) is 24.2 Å². The second-order valence-electron chi connectivity index (χ2n) is 7.83. The van der Waals surface area contributed by atoms with Crippen molar-refractivity contribution in [2.24, 2.45) is 0 Å². The van der Waals surface area contributed by atoms with E-state index in [0.717, 1.165) is 17.2 Å². The highest BCUT2D eigenvalue weighted by atomic mass is 19.1. The molecule has 1 amide bonds. The molecule has 168 valence electrons. The fourth-order valence-corrected chi connectivity index (χ4v) is 3.55. The zero-order chi connectivity index (χ0) is 22.8. The lowest BCUT2D eigenvalue weighted by Gasteiger charge is -2.25. The molecule has 0 saturated carbocycles. The van der Waals surface area contributed by atoms with Crippen molar-refractivity contribution >= 4 is 5.91 Å². The molecule has 0 heterocycles. The zero-order valence-corrected chi connectivity index (χ0v) is 17.8. The average molecular weight is 439 g/mol. The Morgan fingerprint density at radius 2 is 1.44 bits per heavy atom. The molecule has 0 aliphatic heterocycles. The van der Waals surface area contributed by atoms with Crippen LogP contribution in [0.25, 0.3) is 0 Å². The lowest BCUT2D eigenvalue weighted by molar-refractivity contribution is -0.122. The molecule has 6 heteroatoms. The number of halogens is 2. The summed E-state index contributed by atoms with van der Waals surface area (Å²) in [7, 11) is 0. The predicted molar refractivity (Wildman–Crippen MR) is 121 cm³/mol. The molecule has 32 heavy (non-hydrogen) atoms. The molecule has 0 aromatic heterocycles. The molecule has 0 bridgehead atoms. The van der Waals surface area contributed by atoms with Crippen LogP contribution in [0.5, 0.6) is 0 Å². The van der Waals surface area contributed by atoms with Crippen LogP contribution in [0.4, 0.5) is 8.78 Å². The fraction of sp³-hybridized carbons (Fsp3) is 0.269. The van der Waals surface area contributed by atoms with E-state index in [1.165, 1.54) is 12.1 Å². The maximum Gasteiger partial charge on any atom is 0.220 e. The Labute approximate surface area is 187 Å². The number of benzene rings is 3. The normalized spacial score (nSPS) is 12.8. The largest absolute Gasteiger partial charge is 0.390 e. The van der Waals surface area contributed by atoms with Crippen LogP contribution in [0.3, 0.4) is 0 Å². The van der Waals surface area contributed by atoms with E-state index in [2.05, 4.69) is 10.6 Å². The third-order valence-corrected chi connectivity index (χ3v) is 5.20. The predicted octanol–water partition coefficient (Wildman–Crippen LogP) is 3.78. The highest BCUT2D eigenvalue weighted by Crippen LogP contribution is 2.13. The monoisotopic (exact) mass is 438 g/mol. The molecule has 3 rings (SSSR count). The quantitative estimate of drug-likeness (QED) is 0.427. The molecule has 0 radical (unpaired) electrons. The van der Waals surface area contributed by atoms with Gasteiger partial charge in [-0.15, -0.1) is 0 Å². The van der Waals surface area contributed by atoms with Gasteiger partial charge < -0.3 is 15.7 Å². The summed E-state index contributed by atoms with van der Waals surface area (Å²) in [4.78, 5) is 12.6. The summed E-state index contributed by atoms with van der Waals surface area (Å²) in [5, 5.41) is 16.8. The van der Waals surface area contributed by atoms with Gasteiger partial charge in [0.25, 0.3) is 0 Å². The summed E-state index contributed by atoms with van der Waals surface area (Å²) in [6, 6.07) is 21.9. The summed E-state index contributed by atoms with van der Waals surface area (Å²) in [5.41, 5.74) is 2.48. The van der Waals surface area contributed by atoms with Gasteiger partial charge in [0.15, 0.2) is 0 Å². The Balaban J connectivity index is 1.61. The highest BCUT2D eigenvalue weighted by Gasteiger charge is 2.22. The van der Waals surface area contributed by atoms with Gasteiger partial charge in [0.05, 0.1) is 12.1 Å². The maximum absolute atomic E-state index is 13.6. The molecule has 0 unspecified atom stereocenters. The van der Waals surface area contributed by atoms with Crippen LogP contribution in [0.1, 0.15) is 23.1 Å². The number of carbonyl (C=O) groups excluding carboxylic acids is 1. The van der Waals surface area contributed by atoms with Crippen molar-refractivity contribution in [1.29, 1.82) is 0 Å². The van der Waals surface area contributed by atoms with Crippen LogP contribution >= 0.6 is 0 Å². The van der Waals surface area contributed by atoms with Gasteiger partial charge >= 0.3 is 0 Å². The Kier molecular flexibility index (Phi) is 8.90. The number of hydrogen-bond acceptors (Lipinski definition) is 3. The minimum atomic E-state index is -0.939. The van der Waals surface area contributed by atoms with Crippen LogP contribution in [0.2, 0.25) is 0 Å². The van der Waals surface area contributed by atoms with E-state index in [1.807, 2.05) is 60.7 Å². The number of nitrogens with one attached hydrogen (secondary N) is 2. The van der Waals surface area contributed by atoms with E-state index in [0.29, 0.717) is 18.5 Å². The number of carbonyl (C=O) groups is 1. The van der Waals surface area contributed by atoms with E-state index >= 15 is 0 Å². The van der Waals surface area contributed by atoms with Gasteiger partial charge in [-0.05, 0) is 41.7 Å². The molecule has 0 aliphatic carbocycles. The number of hydrogen-bond donors (Lipinski definition) is 3. The minimum absolute atomic E-state index is 0.111. The maximum atomic E-state index is 13.6. The van der Waals surface area contributed by atoms with E-state index in [4.69, 9.17) is 0 Å². The molecule has 3 N–H and O–H groups in total. The van der Waals surface area contributed by atoms with Crippen LogP contribution in [-0.4, -0.2) is 29.7 Å². The van der Waals surface area contributed by atoms with E-state index in [-0.39, 0.29) is 25.3 Å². The molecule has 0 saturated heterocycles. The molecule has 3 aromatic rings. The zero-order valence-electron chi connectivity index (χ0n) is 17.8. The summed E-state index contributed by atoms with van der Waals surface area (Å²) in [5.74, 6) is -1.60. The number of amides is 1. The van der Waals surface area contributed by atoms with E-state index in [9.17, 15) is 18.7 Å². The molecule has 0 spiro atoms. The summed E-state index contributed by atoms with van der Waals surface area (Å²) in [6.07, 6.45) is -0.0101. The van der Waals surface area contributed by atoms with Crippen LogP contribution in [0, 0.1) is 11.6 Å². The van der Waals surface area contributed by atoms with E-state index in [1.54, 1.807) is 0 Å². The Hall–Kier alpha value is -3.09. The topological polar surface area (TPSA) is 61.4 Å². The van der Waals surface area contributed by atoms with Crippen molar-refractivity contribution in [3.63, 3.8) is 0 Å². The van der Waals surface area contributed by atoms with Gasteiger partial charge in [0.1, 0.15) is 11.6 Å². The second-order valence-corrected chi connectivity index (χ2v) is 7.83.